The van der Waals surface area contributed by atoms with Crippen molar-refractivity contribution in [3.8, 4) is 0 Å². The largest absolute Gasteiger partial charge is 0.472 e. The molecule has 0 radical (unpaired) electrons. The molecule has 0 atom stereocenters. The molecule has 1 N–H and O–H groups in total. The van der Waals surface area contributed by atoms with Crippen molar-refractivity contribution in [2.75, 3.05) is 0 Å². The highest BCUT2D eigenvalue weighted by atomic mass is 16.3. The molecule has 1 aromatic rings. The molecule has 1 heterocycles. The lowest BCUT2D eigenvalue weighted by atomic mass is 10.3. The van der Waals surface area contributed by atoms with E-state index < -0.39 is 0 Å². The third-order valence-electron chi connectivity index (χ3n) is 0.995. The Hall–Kier alpha value is -1.09. The summed E-state index contributed by atoms with van der Waals surface area (Å²) in [6.07, 6.45) is 2.52. The van der Waals surface area contributed by atoms with Crippen LogP contribution in [-0.4, -0.2) is 5.11 Å². The fourth-order valence-electron chi connectivity index (χ4n) is 0.503. The lowest BCUT2D eigenvalue weighted by Crippen LogP contribution is -2.04. The molecule has 0 saturated heterocycles. The van der Waals surface area contributed by atoms with Crippen LogP contribution in [0.25, 0.3) is 0 Å². The summed E-state index contributed by atoms with van der Waals surface area (Å²) < 4.78 is 4.62. The highest BCUT2D eigenvalue weighted by Crippen LogP contribution is 1.88. The van der Waals surface area contributed by atoms with Crippen LogP contribution in [0.3, 0.4) is 0 Å². The van der Waals surface area contributed by atoms with Gasteiger partial charge in [-0.25, -0.2) is 0 Å². The third kappa shape index (κ3) is 1.17. The summed E-state index contributed by atoms with van der Waals surface area (Å²) in [4.78, 5) is 10.6. The minimum absolute atomic E-state index is 0.191. The van der Waals surface area contributed by atoms with Gasteiger partial charge in [0.15, 0.2) is 5.43 Å². The Morgan fingerprint density at radius 1 is 1.67 bits per heavy atom. The maximum atomic E-state index is 10.6. The first-order chi connectivity index (χ1) is 4.34. The summed E-state index contributed by atoms with van der Waals surface area (Å²) in [7, 11) is 0. The second-order valence-corrected chi connectivity index (χ2v) is 1.60. The van der Waals surface area contributed by atoms with Gasteiger partial charge in [-0.05, 0) is 0 Å². The molecule has 9 heavy (non-hydrogen) atoms. The molecule has 3 nitrogen and oxygen atoms in total. The minimum Gasteiger partial charge on any atom is -0.472 e. The zero-order valence-corrected chi connectivity index (χ0v) is 4.70. The molecule has 0 aliphatic carbocycles. The fourth-order valence-corrected chi connectivity index (χ4v) is 0.503. The lowest BCUT2D eigenvalue weighted by Gasteiger charge is -1.88. The van der Waals surface area contributed by atoms with E-state index in [2.05, 4.69) is 4.42 Å². The van der Waals surface area contributed by atoms with Crippen LogP contribution in [0.15, 0.2) is 27.8 Å². The van der Waals surface area contributed by atoms with Crippen LogP contribution in [0, 0.1) is 0 Å². The molecule has 3 heteroatoms. The van der Waals surface area contributed by atoms with E-state index in [1.807, 2.05) is 0 Å². The monoisotopic (exact) mass is 126 g/mol. The van der Waals surface area contributed by atoms with E-state index in [1.165, 1.54) is 18.6 Å². The smallest absolute Gasteiger partial charge is 0.190 e. The normalized spacial score (nSPS) is 9.44. The van der Waals surface area contributed by atoms with Crippen molar-refractivity contribution in [3.05, 3.63) is 34.4 Å². The SMILES string of the molecule is O=c1ccocc1CO. The van der Waals surface area contributed by atoms with Gasteiger partial charge in [0, 0.05) is 6.07 Å². The van der Waals surface area contributed by atoms with E-state index in [-0.39, 0.29) is 17.6 Å². The van der Waals surface area contributed by atoms with Gasteiger partial charge in [-0.1, -0.05) is 0 Å². The van der Waals surface area contributed by atoms with Gasteiger partial charge in [0.2, 0.25) is 0 Å². The van der Waals surface area contributed by atoms with Crippen molar-refractivity contribution < 1.29 is 9.52 Å². The van der Waals surface area contributed by atoms with Gasteiger partial charge in [-0.15, -0.1) is 0 Å². The van der Waals surface area contributed by atoms with E-state index in [9.17, 15) is 4.79 Å². The Bertz CT molecular complexity index is 238. The van der Waals surface area contributed by atoms with Crippen molar-refractivity contribution in [1.82, 2.24) is 0 Å². The predicted octanol–water partition coefficient (Wildman–Crippen LogP) is 0.132. The predicted molar refractivity (Wildman–Crippen MR) is 30.9 cm³/mol. The van der Waals surface area contributed by atoms with Crippen molar-refractivity contribution in [1.29, 1.82) is 0 Å². The van der Waals surface area contributed by atoms with E-state index in [4.69, 9.17) is 5.11 Å². The van der Waals surface area contributed by atoms with E-state index in [0.29, 0.717) is 0 Å². The second-order valence-electron chi connectivity index (χ2n) is 1.60. The second kappa shape index (κ2) is 2.46. The zero-order valence-electron chi connectivity index (χ0n) is 4.70. The Morgan fingerprint density at radius 2 is 2.44 bits per heavy atom. The molecule has 0 aromatic carbocycles. The van der Waals surface area contributed by atoms with Crippen LogP contribution < -0.4 is 5.43 Å². The van der Waals surface area contributed by atoms with Crippen LogP contribution in [-0.2, 0) is 6.61 Å². The summed E-state index contributed by atoms with van der Waals surface area (Å²) in [6.45, 7) is -0.261. The Morgan fingerprint density at radius 3 is 2.89 bits per heavy atom. The number of rotatable bonds is 1. The number of hydrogen-bond acceptors (Lipinski definition) is 3. The molecule has 0 unspecified atom stereocenters. The molecule has 0 aliphatic rings. The maximum Gasteiger partial charge on any atom is 0.190 e. The van der Waals surface area contributed by atoms with Crippen molar-refractivity contribution in [2.45, 2.75) is 6.61 Å². The molecule has 0 fully saturated rings. The van der Waals surface area contributed by atoms with Crippen molar-refractivity contribution in [3.63, 3.8) is 0 Å². The summed E-state index contributed by atoms with van der Waals surface area (Å²) in [6, 6.07) is 1.27. The number of hydrogen-bond donors (Lipinski definition) is 1. The first kappa shape index (κ1) is 6.04. The summed E-state index contributed by atoms with van der Waals surface area (Å²) in [5.74, 6) is 0. The molecule has 0 bridgehead atoms. The first-order valence-corrected chi connectivity index (χ1v) is 2.51. The third-order valence-corrected chi connectivity index (χ3v) is 0.995. The number of aliphatic hydroxyl groups is 1. The number of aliphatic hydroxyl groups excluding tert-OH is 1. The highest BCUT2D eigenvalue weighted by molar-refractivity contribution is 5.04. The van der Waals surface area contributed by atoms with Gasteiger partial charge in [0.25, 0.3) is 0 Å². The lowest BCUT2D eigenvalue weighted by molar-refractivity contribution is 0.276. The van der Waals surface area contributed by atoms with Crippen LogP contribution in [0.1, 0.15) is 5.56 Å². The average molecular weight is 126 g/mol. The molecular weight excluding hydrogens is 120 g/mol. The Labute approximate surface area is 51.6 Å². The van der Waals surface area contributed by atoms with E-state index in [0.717, 1.165) is 0 Å². The zero-order chi connectivity index (χ0) is 6.69. The molecule has 1 aromatic heterocycles. The van der Waals surface area contributed by atoms with Gasteiger partial charge in [-0.2, -0.15) is 0 Å². The molecular formula is C6H6O3. The van der Waals surface area contributed by atoms with Gasteiger partial charge in [0.1, 0.15) is 0 Å². The average Bonchev–Trinajstić information content (AvgIpc) is 1.89. The van der Waals surface area contributed by atoms with Gasteiger partial charge >= 0.3 is 0 Å². The molecule has 0 spiro atoms. The molecule has 48 valence electrons. The summed E-state index contributed by atoms with van der Waals surface area (Å²) >= 11 is 0. The molecule has 0 aliphatic heterocycles. The van der Waals surface area contributed by atoms with Crippen molar-refractivity contribution in [2.24, 2.45) is 0 Å². The Kier molecular flexibility index (Phi) is 1.65. The van der Waals surface area contributed by atoms with E-state index in [1.54, 1.807) is 0 Å². The first-order valence-electron chi connectivity index (χ1n) is 2.51. The van der Waals surface area contributed by atoms with Gasteiger partial charge in [-0.3, -0.25) is 4.79 Å². The van der Waals surface area contributed by atoms with E-state index >= 15 is 0 Å². The Balaban J connectivity index is 3.16. The maximum absolute atomic E-state index is 10.6. The van der Waals surface area contributed by atoms with Crippen LogP contribution in [0.5, 0.6) is 0 Å². The van der Waals surface area contributed by atoms with Crippen molar-refractivity contribution >= 4 is 0 Å². The van der Waals surface area contributed by atoms with Crippen LogP contribution >= 0.6 is 0 Å². The summed E-state index contributed by atoms with van der Waals surface area (Å²) in [5, 5.41) is 8.46. The molecule has 1 rings (SSSR count). The summed E-state index contributed by atoms with van der Waals surface area (Å²) in [5.41, 5.74) is 0.0984. The molecule has 0 saturated carbocycles. The fraction of sp³-hybridized carbons (Fsp3) is 0.167. The van der Waals surface area contributed by atoms with Crippen LogP contribution in [0.4, 0.5) is 0 Å². The molecule has 0 amide bonds. The highest BCUT2D eigenvalue weighted by Gasteiger charge is 1.93. The minimum atomic E-state index is -0.261. The topological polar surface area (TPSA) is 50.4 Å². The van der Waals surface area contributed by atoms with Gasteiger partial charge < -0.3 is 9.52 Å². The standard InChI is InChI=1S/C6H6O3/c7-3-5-4-9-2-1-6(5)8/h1-2,4,7H,3H2. The van der Waals surface area contributed by atoms with Gasteiger partial charge in [0.05, 0.1) is 24.7 Å². The van der Waals surface area contributed by atoms with Crippen LogP contribution in [0.2, 0.25) is 0 Å². The quantitative estimate of drug-likeness (QED) is 0.582.